The number of aliphatic hydroxyl groups is 1. The summed E-state index contributed by atoms with van der Waals surface area (Å²) in [6.07, 6.45) is -5.53. The zero-order valence-corrected chi connectivity index (χ0v) is 12.7. The highest BCUT2D eigenvalue weighted by Crippen LogP contribution is 2.28. The van der Waals surface area contributed by atoms with Gasteiger partial charge in [0.2, 0.25) is 0 Å². The molecule has 0 spiro atoms. The van der Waals surface area contributed by atoms with Gasteiger partial charge >= 0.3 is 12.3 Å². The van der Waals surface area contributed by atoms with Crippen molar-refractivity contribution in [3.05, 3.63) is 54.1 Å². The lowest BCUT2D eigenvalue weighted by atomic mass is 10.0. The molecule has 4 nitrogen and oxygen atoms in total. The molecule has 128 valence electrons. The summed E-state index contributed by atoms with van der Waals surface area (Å²) in [6.45, 7) is 0.868. The van der Waals surface area contributed by atoms with E-state index in [1.807, 2.05) is 0 Å². The highest BCUT2D eigenvalue weighted by atomic mass is 19.4. The van der Waals surface area contributed by atoms with Crippen molar-refractivity contribution in [1.29, 1.82) is 0 Å². The van der Waals surface area contributed by atoms with Crippen molar-refractivity contribution in [1.82, 2.24) is 0 Å². The molecule has 2 rings (SSSR count). The number of benzene rings is 2. The predicted molar refractivity (Wildman–Crippen MR) is 80.2 cm³/mol. The van der Waals surface area contributed by atoms with Gasteiger partial charge in [-0.1, -0.05) is 30.3 Å². The first-order valence-electron chi connectivity index (χ1n) is 7.03. The standard InChI is InChI=1S/C17H15F3O4/c1-11(22)23-16(10-21)14-4-2-3-13(9-14)12-5-7-15(8-6-12)24-17(18,19)20/h2-9,16,21H,10H2,1H3. The summed E-state index contributed by atoms with van der Waals surface area (Å²) in [5.74, 6) is -0.830. The molecule has 0 aliphatic rings. The van der Waals surface area contributed by atoms with E-state index in [2.05, 4.69) is 4.74 Å². The van der Waals surface area contributed by atoms with E-state index in [0.717, 1.165) is 0 Å². The zero-order valence-electron chi connectivity index (χ0n) is 12.7. The number of ether oxygens (including phenoxy) is 2. The number of esters is 1. The average molecular weight is 340 g/mol. The van der Waals surface area contributed by atoms with Gasteiger partial charge in [-0.25, -0.2) is 0 Å². The smallest absolute Gasteiger partial charge is 0.455 e. The Labute approximate surface area is 136 Å². The SMILES string of the molecule is CC(=O)OC(CO)c1cccc(-c2ccc(OC(F)(F)F)cc2)c1. The third-order valence-electron chi connectivity index (χ3n) is 3.15. The second-order valence-corrected chi connectivity index (χ2v) is 4.98. The average Bonchev–Trinajstić information content (AvgIpc) is 2.52. The maximum Gasteiger partial charge on any atom is 0.573 e. The summed E-state index contributed by atoms with van der Waals surface area (Å²) >= 11 is 0. The van der Waals surface area contributed by atoms with Crippen molar-refractivity contribution < 1.29 is 32.5 Å². The van der Waals surface area contributed by atoms with Gasteiger partial charge in [-0.05, 0) is 34.9 Å². The molecule has 7 heteroatoms. The van der Waals surface area contributed by atoms with Crippen molar-refractivity contribution in [2.75, 3.05) is 6.61 Å². The molecule has 1 unspecified atom stereocenters. The van der Waals surface area contributed by atoms with Gasteiger partial charge in [0.15, 0.2) is 0 Å². The molecule has 0 bridgehead atoms. The number of hydrogen-bond acceptors (Lipinski definition) is 4. The molecule has 2 aromatic carbocycles. The zero-order chi connectivity index (χ0) is 17.7. The first-order valence-corrected chi connectivity index (χ1v) is 7.03. The van der Waals surface area contributed by atoms with Crippen LogP contribution in [-0.2, 0) is 9.53 Å². The maximum atomic E-state index is 12.2. The van der Waals surface area contributed by atoms with E-state index >= 15 is 0 Å². The number of carbonyl (C=O) groups is 1. The van der Waals surface area contributed by atoms with Crippen LogP contribution in [-0.4, -0.2) is 24.0 Å². The highest BCUT2D eigenvalue weighted by Gasteiger charge is 2.30. The van der Waals surface area contributed by atoms with Crippen molar-refractivity contribution >= 4 is 5.97 Å². The van der Waals surface area contributed by atoms with Gasteiger partial charge in [-0.15, -0.1) is 13.2 Å². The van der Waals surface area contributed by atoms with Crippen molar-refractivity contribution in [3.8, 4) is 16.9 Å². The molecule has 0 aromatic heterocycles. The second-order valence-electron chi connectivity index (χ2n) is 4.98. The summed E-state index contributed by atoms with van der Waals surface area (Å²) in [5, 5.41) is 9.33. The van der Waals surface area contributed by atoms with E-state index in [0.29, 0.717) is 16.7 Å². The molecule has 24 heavy (non-hydrogen) atoms. The molecule has 0 amide bonds. The van der Waals surface area contributed by atoms with Crippen LogP contribution in [0.3, 0.4) is 0 Å². The van der Waals surface area contributed by atoms with Crippen molar-refractivity contribution in [2.45, 2.75) is 19.4 Å². The number of hydrogen-bond donors (Lipinski definition) is 1. The Morgan fingerprint density at radius 2 is 1.79 bits per heavy atom. The summed E-state index contributed by atoms with van der Waals surface area (Å²) in [4.78, 5) is 11.1. The molecular weight excluding hydrogens is 325 g/mol. The maximum absolute atomic E-state index is 12.2. The lowest BCUT2D eigenvalue weighted by Gasteiger charge is -2.16. The minimum atomic E-state index is -4.74. The molecule has 2 aromatic rings. The Balaban J connectivity index is 2.23. The van der Waals surface area contributed by atoms with Gasteiger partial charge in [0.05, 0.1) is 6.61 Å². The van der Waals surface area contributed by atoms with Gasteiger partial charge < -0.3 is 14.6 Å². The Bertz CT molecular complexity index is 696. The van der Waals surface area contributed by atoms with Crippen LogP contribution in [0, 0.1) is 0 Å². The third-order valence-corrected chi connectivity index (χ3v) is 3.15. The second kappa shape index (κ2) is 7.35. The molecule has 1 atom stereocenters. The van der Waals surface area contributed by atoms with Crippen LogP contribution in [0.4, 0.5) is 13.2 Å². The first kappa shape index (κ1) is 17.8. The fourth-order valence-electron chi connectivity index (χ4n) is 2.18. The lowest BCUT2D eigenvalue weighted by molar-refractivity contribution is -0.274. The number of aliphatic hydroxyl groups excluding tert-OH is 1. The minimum absolute atomic E-state index is 0.310. The van der Waals surface area contributed by atoms with E-state index in [9.17, 15) is 23.1 Å². The summed E-state index contributed by atoms with van der Waals surface area (Å²) in [6, 6.07) is 12.2. The fraction of sp³-hybridized carbons (Fsp3) is 0.235. The Morgan fingerprint density at radius 1 is 1.12 bits per heavy atom. The topological polar surface area (TPSA) is 55.8 Å². The van der Waals surface area contributed by atoms with E-state index in [1.165, 1.54) is 31.2 Å². The van der Waals surface area contributed by atoms with E-state index in [-0.39, 0.29) is 12.4 Å². The Hall–Kier alpha value is -2.54. The van der Waals surface area contributed by atoms with Gasteiger partial charge in [0, 0.05) is 6.92 Å². The third kappa shape index (κ3) is 4.99. The first-order chi connectivity index (χ1) is 11.3. The van der Waals surface area contributed by atoms with Crippen molar-refractivity contribution in [3.63, 3.8) is 0 Å². The molecule has 0 heterocycles. The van der Waals surface area contributed by atoms with E-state index in [4.69, 9.17) is 4.74 Å². The van der Waals surface area contributed by atoms with Gasteiger partial charge in [0.1, 0.15) is 11.9 Å². The molecule has 0 radical (unpaired) electrons. The monoisotopic (exact) mass is 340 g/mol. The molecule has 0 fully saturated rings. The van der Waals surface area contributed by atoms with Gasteiger partial charge in [-0.3, -0.25) is 4.79 Å². The summed E-state index contributed by atoms with van der Waals surface area (Å²) < 4.78 is 45.3. The lowest BCUT2D eigenvalue weighted by Crippen LogP contribution is -2.16. The predicted octanol–water partition coefficient (Wildman–Crippen LogP) is 3.85. The van der Waals surface area contributed by atoms with Gasteiger partial charge in [0.25, 0.3) is 0 Å². The molecule has 0 saturated heterocycles. The summed E-state index contributed by atoms with van der Waals surface area (Å²) in [7, 11) is 0. The van der Waals surface area contributed by atoms with Crippen LogP contribution >= 0.6 is 0 Å². The number of rotatable bonds is 5. The quantitative estimate of drug-likeness (QED) is 0.840. The van der Waals surface area contributed by atoms with Crippen LogP contribution < -0.4 is 4.74 Å². The highest BCUT2D eigenvalue weighted by molar-refractivity contribution is 5.67. The van der Waals surface area contributed by atoms with E-state index < -0.39 is 18.4 Å². The van der Waals surface area contributed by atoms with Crippen LogP contribution in [0.2, 0.25) is 0 Å². The normalized spacial score (nSPS) is 12.5. The molecule has 0 saturated carbocycles. The number of halogens is 3. The van der Waals surface area contributed by atoms with Gasteiger partial charge in [-0.2, -0.15) is 0 Å². The largest absolute Gasteiger partial charge is 0.573 e. The Kier molecular flexibility index (Phi) is 5.46. The molecule has 1 N–H and O–H groups in total. The Morgan fingerprint density at radius 3 is 2.33 bits per heavy atom. The van der Waals surface area contributed by atoms with Crippen LogP contribution in [0.1, 0.15) is 18.6 Å². The molecule has 0 aliphatic heterocycles. The van der Waals surface area contributed by atoms with Crippen LogP contribution in [0.15, 0.2) is 48.5 Å². The molecular formula is C17H15F3O4. The van der Waals surface area contributed by atoms with Crippen molar-refractivity contribution in [2.24, 2.45) is 0 Å². The van der Waals surface area contributed by atoms with Crippen LogP contribution in [0.25, 0.3) is 11.1 Å². The molecule has 0 aliphatic carbocycles. The number of alkyl halides is 3. The summed E-state index contributed by atoms with van der Waals surface area (Å²) in [5.41, 5.74) is 1.95. The van der Waals surface area contributed by atoms with Crippen LogP contribution in [0.5, 0.6) is 5.75 Å². The number of carbonyl (C=O) groups excluding carboxylic acids is 1. The minimum Gasteiger partial charge on any atom is -0.455 e. The van der Waals surface area contributed by atoms with E-state index in [1.54, 1.807) is 24.3 Å². The fourth-order valence-corrected chi connectivity index (χ4v) is 2.18.